The zero-order chi connectivity index (χ0) is 14.9. The van der Waals surface area contributed by atoms with Gasteiger partial charge in [-0.25, -0.2) is 4.39 Å². The number of rotatable bonds is 5. The van der Waals surface area contributed by atoms with Crippen molar-refractivity contribution in [3.63, 3.8) is 0 Å². The fourth-order valence-corrected chi connectivity index (χ4v) is 3.91. The van der Waals surface area contributed by atoms with Crippen LogP contribution >= 0.6 is 15.9 Å². The maximum absolute atomic E-state index is 14.4. The van der Waals surface area contributed by atoms with E-state index in [0.29, 0.717) is 12.5 Å². The van der Waals surface area contributed by atoms with Crippen LogP contribution in [0, 0.1) is 11.7 Å². The molecule has 2 unspecified atom stereocenters. The number of halogens is 2. The Morgan fingerprint density at radius 1 is 1.48 bits per heavy atom. The van der Waals surface area contributed by atoms with Gasteiger partial charge in [-0.3, -0.25) is 0 Å². The average Bonchev–Trinajstić information content (AvgIpc) is 2.99. The van der Waals surface area contributed by atoms with Crippen LogP contribution in [0.2, 0.25) is 0 Å². The second-order valence-electron chi connectivity index (χ2n) is 6.15. The van der Waals surface area contributed by atoms with E-state index in [-0.39, 0.29) is 5.82 Å². The molecule has 2 heterocycles. The summed E-state index contributed by atoms with van der Waals surface area (Å²) in [4.78, 5) is 7.92. The number of hydroxylamine groups is 1. The molecule has 116 valence electrons. The van der Waals surface area contributed by atoms with Crippen LogP contribution in [0.1, 0.15) is 31.7 Å². The third-order valence-electron chi connectivity index (χ3n) is 4.67. The number of benzene rings is 1. The molecule has 2 aliphatic heterocycles. The first-order chi connectivity index (χ1) is 10.2. The van der Waals surface area contributed by atoms with E-state index in [1.54, 1.807) is 6.07 Å². The van der Waals surface area contributed by atoms with Crippen molar-refractivity contribution in [2.75, 3.05) is 26.2 Å². The van der Waals surface area contributed by atoms with Crippen molar-refractivity contribution >= 4 is 15.9 Å². The SMILES string of the molecule is CCCCCN1CC2CONC2(c2cc(Br)ccc2F)C1. The van der Waals surface area contributed by atoms with E-state index in [1.165, 1.54) is 25.3 Å². The maximum atomic E-state index is 14.4. The van der Waals surface area contributed by atoms with E-state index in [1.807, 2.05) is 6.07 Å². The molecule has 2 aliphatic rings. The van der Waals surface area contributed by atoms with Crippen LogP contribution in [0.5, 0.6) is 0 Å². The third-order valence-corrected chi connectivity index (χ3v) is 5.17. The number of hydrogen-bond acceptors (Lipinski definition) is 3. The lowest BCUT2D eigenvalue weighted by Gasteiger charge is -2.29. The van der Waals surface area contributed by atoms with E-state index < -0.39 is 5.54 Å². The summed E-state index contributed by atoms with van der Waals surface area (Å²) < 4.78 is 15.3. The molecular formula is C16H22BrFN2O. The molecule has 0 spiro atoms. The van der Waals surface area contributed by atoms with E-state index in [9.17, 15) is 4.39 Å². The summed E-state index contributed by atoms with van der Waals surface area (Å²) in [6.07, 6.45) is 3.69. The van der Waals surface area contributed by atoms with Crippen molar-refractivity contribution in [1.29, 1.82) is 0 Å². The Bertz CT molecular complexity index is 513. The molecule has 2 saturated heterocycles. The first-order valence-electron chi connectivity index (χ1n) is 7.72. The molecule has 0 aliphatic carbocycles. The van der Waals surface area contributed by atoms with Crippen LogP contribution in [0.4, 0.5) is 4.39 Å². The monoisotopic (exact) mass is 356 g/mol. The van der Waals surface area contributed by atoms with Crippen molar-refractivity contribution in [2.24, 2.45) is 5.92 Å². The summed E-state index contributed by atoms with van der Waals surface area (Å²) >= 11 is 3.45. The lowest BCUT2D eigenvalue weighted by Crippen LogP contribution is -2.44. The fraction of sp³-hybridized carbons (Fsp3) is 0.625. The molecule has 0 saturated carbocycles. The smallest absolute Gasteiger partial charge is 0.128 e. The molecule has 5 heteroatoms. The van der Waals surface area contributed by atoms with Gasteiger partial charge < -0.3 is 9.74 Å². The quantitative estimate of drug-likeness (QED) is 0.817. The highest BCUT2D eigenvalue weighted by atomic mass is 79.9. The average molecular weight is 357 g/mol. The number of nitrogens with one attached hydrogen (secondary N) is 1. The first kappa shape index (κ1) is 15.4. The predicted molar refractivity (Wildman–Crippen MR) is 84.3 cm³/mol. The highest BCUT2D eigenvalue weighted by Crippen LogP contribution is 2.42. The molecule has 0 aromatic heterocycles. The van der Waals surface area contributed by atoms with Gasteiger partial charge in [0.25, 0.3) is 0 Å². The number of fused-ring (bicyclic) bond motifs is 1. The highest BCUT2D eigenvalue weighted by molar-refractivity contribution is 9.10. The Hall–Kier alpha value is -0.490. The van der Waals surface area contributed by atoms with Gasteiger partial charge in [0.15, 0.2) is 0 Å². The van der Waals surface area contributed by atoms with Gasteiger partial charge in [-0.1, -0.05) is 35.7 Å². The number of likely N-dealkylation sites (tertiary alicyclic amines) is 1. The summed E-state index contributed by atoms with van der Waals surface area (Å²) in [5, 5.41) is 0. The Morgan fingerprint density at radius 2 is 2.33 bits per heavy atom. The second-order valence-corrected chi connectivity index (χ2v) is 7.06. The topological polar surface area (TPSA) is 24.5 Å². The van der Waals surface area contributed by atoms with Crippen molar-refractivity contribution in [3.8, 4) is 0 Å². The van der Waals surface area contributed by atoms with E-state index in [4.69, 9.17) is 4.84 Å². The van der Waals surface area contributed by atoms with Gasteiger partial charge in [0.05, 0.1) is 12.1 Å². The van der Waals surface area contributed by atoms with Gasteiger partial charge >= 0.3 is 0 Å². The minimum atomic E-state index is -0.403. The van der Waals surface area contributed by atoms with Crippen molar-refractivity contribution in [3.05, 3.63) is 34.1 Å². The second kappa shape index (κ2) is 6.32. The molecule has 1 N–H and O–H groups in total. The lowest BCUT2D eigenvalue weighted by molar-refractivity contribution is 0.0465. The Balaban J connectivity index is 1.82. The number of nitrogens with zero attached hydrogens (tertiary/aromatic N) is 1. The number of hydrogen-bond donors (Lipinski definition) is 1. The van der Waals surface area contributed by atoms with Gasteiger partial charge in [0.2, 0.25) is 0 Å². The van der Waals surface area contributed by atoms with E-state index in [2.05, 4.69) is 33.2 Å². The normalized spacial score (nSPS) is 29.0. The Morgan fingerprint density at radius 3 is 3.14 bits per heavy atom. The summed E-state index contributed by atoms with van der Waals surface area (Å²) in [7, 11) is 0. The minimum Gasteiger partial charge on any atom is -0.301 e. The van der Waals surface area contributed by atoms with Gasteiger partial charge in [-0.2, -0.15) is 5.48 Å². The lowest BCUT2D eigenvalue weighted by atomic mass is 9.82. The van der Waals surface area contributed by atoms with Crippen LogP contribution in [0.15, 0.2) is 22.7 Å². The molecule has 0 amide bonds. The van der Waals surface area contributed by atoms with Crippen LogP contribution in [-0.4, -0.2) is 31.1 Å². The fourth-order valence-electron chi connectivity index (χ4n) is 3.55. The first-order valence-corrected chi connectivity index (χ1v) is 8.52. The standard InChI is InChI=1S/C16H22BrFN2O/c1-2-3-4-7-20-9-12-10-21-19-16(12,11-20)14-8-13(17)5-6-15(14)18/h5-6,8,12,19H,2-4,7,9-11H2,1H3. The molecule has 0 bridgehead atoms. The predicted octanol–water partition coefficient (Wildman–Crippen LogP) is 3.44. The molecule has 21 heavy (non-hydrogen) atoms. The summed E-state index contributed by atoms with van der Waals surface area (Å²) in [6.45, 7) is 5.74. The zero-order valence-corrected chi connectivity index (χ0v) is 14.0. The molecule has 3 rings (SSSR count). The molecule has 1 aromatic carbocycles. The van der Waals surface area contributed by atoms with Crippen molar-refractivity contribution < 1.29 is 9.23 Å². The van der Waals surface area contributed by atoms with Crippen LogP contribution in [0.3, 0.4) is 0 Å². The Kier molecular flexibility index (Phi) is 4.64. The van der Waals surface area contributed by atoms with Crippen molar-refractivity contribution in [1.82, 2.24) is 10.4 Å². The third kappa shape index (κ3) is 2.89. The van der Waals surface area contributed by atoms with Crippen LogP contribution < -0.4 is 5.48 Å². The van der Waals surface area contributed by atoms with E-state index in [0.717, 1.165) is 29.7 Å². The van der Waals surface area contributed by atoms with Crippen LogP contribution in [0.25, 0.3) is 0 Å². The Labute approximate surface area is 133 Å². The summed E-state index contributed by atoms with van der Waals surface area (Å²) in [5.41, 5.74) is 3.45. The van der Waals surface area contributed by atoms with Gasteiger partial charge in [0, 0.05) is 29.0 Å². The molecule has 1 aromatic rings. The summed E-state index contributed by atoms with van der Waals surface area (Å²) in [5.74, 6) is 0.152. The molecule has 2 atom stereocenters. The minimum absolute atomic E-state index is 0.156. The largest absolute Gasteiger partial charge is 0.301 e. The summed E-state index contributed by atoms with van der Waals surface area (Å²) in [6, 6.07) is 5.17. The van der Waals surface area contributed by atoms with E-state index >= 15 is 0 Å². The highest BCUT2D eigenvalue weighted by Gasteiger charge is 2.52. The molecule has 2 fully saturated rings. The van der Waals surface area contributed by atoms with Gasteiger partial charge in [0.1, 0.15) is 5.82 Å². The van der Waals surface area contributed by atoms with Crippen molar-refractivity contribution in [2.45, 2.75) is 31.7 Å². The van der Waals surface area contributed by atoms with Crippen LogP contribution in [-0.2, 0) is 10.4 Å². The maximum Gasteiger partial charge on any atom is 0.128 e. The number of unbranched alkanes of at least 4 members (excludes halogenated alkanes) is 2. The molecule has 3 nitrogen and oxygen atoms in total. The molecular weight excluding hydrogens is 335 g/mol. The van der Waals surface area contributed by atoms with Gasteiger partial charge in [-0.05, 0) is 31.2 Å². The van der Waals surface area contributed by atoms with Gasteiger partial charge in [-0.15, -0.1) is 0 Å². The zero-order valence-electron chi connectivity index (χ0n) is 12.4. The molecule has 0 radical (unpaired) electrons.